The van der Waals surface area contributed by atoms with Crippen LogP contribution in [0, 0.1) is 0 Å². The Bertz CT molecular complexity index is 393. The third-order valence-corrected chi connectivity index (χ3v) is 4.09. The van der Waals surface area contributed by atoms with Gasteiger partial charge >= 0.3 is 0 Å². The number of carbonyl (C=O) groups is 1. The maximum absolute atomic E-state index is 12.4. The maximum atomic E-state index is 12.4. The summed E-state index contributed by atoms with van der Waals surface area (Å²) in [6.07, 6.45) is 4.05. The Morgan fingerprint density at radius 2 is 2.17 bits per heavy atom. The zero-order chi connectivity index (χ0) is 13.0. The van der Waals surface area contributed by atoms with Gasteiger partial charge in [0.25, 0.3) is 0 Å². The summed E-state index contributed by atoms with van der Waals surface area (Å²) in [5.74, 6) is 0.200. The molecule has 1 fully saturated rings. The van der Waals surface area contributed by atoms with Crippen molar-refractivity contribution in [3.8, 4) is 0 Å². The lowest BCUT2D eigenvalue weighted by Crippen LogP contribution is -2.40. The van der Waals surface area contributed by atoms with E-state index < -0.39 is 0 Å². The SMILES string of the molecule is CCC1CCCN1C(=O)C(S)Cc1ccccc1. The Morgan fingerprint density at radius 3 is 2.83 bits per heavy atom. The molecule has 0 saturated carbocycles. The van der Waals surface area contributed by atoms with Crippen LogP contribution in [0.5, 0.6) is 0 Å². The van der Waals surface area contributed by atoms with Gasteiger partial charge in [0.1, 0.15) is 0 Å². The topological polar surface area (TPSA) is 20.3 Å². The van der Waals surface area contributed by atoms with E-state index in [-0.39, 0.29) is 11.2 Å². The van der Waals surface area contributed by atoms with Gasteiger partial charge in [0.15, 0.2) is 0 Å². The molecule has 98 valence electrons. The fraction of sp³-hybridized carbons (Fsp3) is 0.533. The van der Waals surface area contributed by atoms with Crippen molar-refractivity contribution in [1.82, 2.24) is 4.90 Å². The zero-order valence-corrected chi connectivity index (χ0v) is 11.8. The van der Waals surface area contributed by atoms with Gasteiger partial charge in [0.05, 0.1) is 5.25 Å². The molecule has 3 heteroatoms. The van der Waals surface area contributed by atoms with E-state index in [1.54, 1.807) is 0 Å². The fourth-order valence-corrected chi connectivity index (χ4v) is 3.03. The van der Waals surface area contributed by atoms with Crippen molar-refractivity contribution in [2.24, 2.45) is 0 Å². The molecule has 1 amide bonds. The normalized spacial score (nSPS) is 21.0. The number of hydrogen-bond acceptors (Lipinski definition) is 2. The van der Waals surface area contributed by atoms with Crippen LogP contribution in [-0.4, -0.2) is 28.6 Å². The smallest absolute Gasteiger partial charge is 0.236 e. The van der Waals surface area contributed by atoms with E-state index in [1.165, 1.54) is 5.56 Å². The van der Waals surface area contributed by atoms with Crippen LogP contribution in [0.4, 0.5) is 0 Å². The number of likely N-dealkylation sites (tertiary alicyclic amines) is 1. The highest BCUT2D eigenvalue weighted by atomic mass is 32.1. The van der Waals surface area contributed by atoms with Gasteiger partial charge < -0.3 is 4.90 Å². The highest BCUT2D eigenvalue weighted by Gasteiger charge is 2.30. The molecule has 0 spiro atoms. The predicted octanol–water partition coefficient (Wildman–Crippen LogP) is 2.93. The summed E-state index contributed by atoms with van der Waals surface area (Å²) < 4.78 is 0. The average molecular weight is 263 g/mol. The van der Waals surface area contributed by atoms with Crippen molar-refractivity contribution in [3.63, 3.8) is 0 Å². The molecule has 0 N–H and O–H groups in total. The average Bonchev–Trinajstić information content (AvgIpc) is 2.87. The second-order valence-corrected chi connectivity index (χ2v) is 5.56. The zero-order valence-electron chi connectivity index (χ0n) is 10.9. The predicted molar refractivity (Wildman–Crippen MR) is 77.9 cm³/mol. The van der Waals surface area contributed by atoms with Crippen LogP contribution in [0.1, 0.15) is 31.7 Å². The van der Waals surface area contributed by atoms with Gasteiger partial charge in [-0.2, -0.15) is 12.6 Å². The fourth-order valence-electron chi connectivity index (χ4n) is 2.67. The van der Waals surface area contributed by atoms with Gasteiger partial charge in [0.2, 0.25) is 5.91 Å². The van der Waals surface area contributed by atoms with Crippen LogP contribution < -0.4 is 0 Å². The summed E-state index contributed by atoms with van der Waals surface area (Å²) in [4.78, 5) is 14.4. The Hall–Kier alpha value is -0.960. The van der Waals surface area contributed by atoms with Crippen LogP contribution in [0.25, 0.3) is 0 Å². The van der Waals surface area contributed by atoms with Crippen molar-refractivity contribution in [2.45, 2.75) is 43.9 Å². The van der Waals surface area contributed by atoms with Gasteiger partial charge in [-0.3, -0.25) is 4.79 Å². The molecule has 1 aliphatic rings. The lowest BCUT2D eigenvalue weighted by molar-refractivity contribution is -0.131. The second kappa shape index (κ2) is 6.28. The van der Waals surface area contributed by atoms with E-state index in [0.717, 1.165) is 32.2 Å². The Balaban J connectivity index is 1.96. The summed E-state index contributed by atoms with van der Waals surface area (Å²) in [6, 6.07) is 10.5. The van der Waals surface area contributed by atoms with Crippen LogP contribution in [-0.2, 0) is 11.2 Å². The van der Waals surface area contributed by atoms with E-state index >= 15 is 0 Å². The van der Waals surface area contributed by atoms with Crippen LogP contribution >= 0.6 is 12.6 Å². The van der Waals surface area contributed by atoms with Crippen molar-refractivity contribution in [2.75, 3.05) is 6.54 Å². The molecule has 1 aromatic carbocycles. The first-order valence-electron chi connectivity index (χ1n) is 6.75. The van der Waals surface area contributed by atoms with Crippen molar-refractivity contribution in [1.29, 1.82) is 0 Å². The van der Waals surface area contributed by atoms with E-state index in [1.807, 2.05) is 23.1 Å². The molecule has 0 bridgehead atoms. The number of carbonyl (C=O) groups excluding carboxylic acids is 1. The minimum absolute atomic E-state index is 0.200. The van der Waals surface area contributed by atoms with Gasteiger partial charge in [-0.15, -0.1) is 0 Å². The molecule has 1 heterocycles. The van der Waals surface area contributed by atoms with Gasteiger partial charge in [-0.1, -0.05) is 37.3 Å². The standard InChI is InChI=1S/C15H21NOS/c1-2-13-9-6-10-16(13)15(17)14(18)11-12-7-4-3-5-8-12/h3-5,7-8,13-14,18H,2,6,9-11H2,1H3. The Labute approximate surface area is 115 Å². The van der Waals surface area contributed by atoms with Crippen LogP contribution in [0.2, 0.25) is 0 Å². The largest absolute Gasteiger partial charge is 0.339 e. The van der Waals surface area contributed by atoms with Crippen LogP contribution in [0.15, 0.2) is 30.3 Å². The molecule has 1 aromatic rings. The summed E-state index contributed by atoms with van der Waals surface area (Å²) in [5.41, 5.74) is 1.18. The van der Waals surface area contributed by atoms with Gasteiger partial charge in [0, 0.05) is 12.6 Å². The molecule has 18 heavy (non-hydrogen) atoms. The summed E-state index contributed by atoms with van der Waals surface area (Å²) in [7, 11) is 0. The van der Waals surface area contributed by atoms with E-state index in [0.29, 0.717) is 6.04 Å². The molecule has 0 radical (unpaired) electrons. The summed E-state index contributed by atoms with van der Waals surface area (Å²) in [5, 5.41) is -0.209. The molecule has 2 nitrogen and oxygen atoms in total. The Morgan fingerprint density at radius 1 is 1.44 bits per heavy atom. The molecule has 0 aliphatic carbocycles. The molecule has 2 atom stereocenters. The summed E-state index contributed by atoms with van der Waals surface area (Å²) >= 11 is 4.50. The Kier molecular flexibility index (Phi) is 4.70. The molecule has 2 unspecified atom stereocenters. The van der Waals surface area contributed by atoms with E-state index in [4.69, 9.17) is 0 Å². The number of thiol groups is 1. The third-order valence-electron chi connectivity index (χ3n) is 3.69. The van der Waals surface area contributed by atoms with Gasteiger partial charge in [-0.25, -0.2) is 0 Å². The number of hydrogen-bond donors (Lipinski definition) is 1. The molecular formula is C15H21NOS. The number of amides is 1. The highest BCUT2D eigenvalue weighted by Crippen LogP contribution is 2.22. The highest BCUT2D eigenvalue weighted by molar-refractivity contribution is 7.81. The lowest BCUT2D eigenvalue weighted by Gasteiger charge is -2.26. The van der Waals surface area contributed by atoms with E-state index in [9.17, 15) is 4.79 Å². The summed E-state index contributed by atoms with van der Waals surface area (Å²) in [6.45, 7) is 3.06. The number of rotatable bonds is 4. The first kappa shape index (κ1) is 13.5. The van der Waals surface area contributed by atoms with Crippen molar-refractivity contribution in [3.05, 3.63) is 35.9 Å². The molecule has 2 rings (SSSR count). The number of nitrogens with zero attached hydrogens (tertiary/aromatic N) is 1. The molecule has 1 aliphatic heterocycles. The third kappa shape index (κ3) is 3.08. The minimum Gasteiger partial charge on any atom is -0.339 e. The first-order chi connectivity index (χ1) is 8.72. The van der Waals surface area contributed by atoms with Crippen LogP contribution in [0.3, 0.4) is 0 Å². The first-order valence-corrected chi connectivity index (χ1v) is 7.26. The quantitative estimate of drug-likeness (QED) is 0.828. The molecule has 1 saturated heterocycles. The second-order valence-electron chi connectivity index (χ2n) is 4.94. The molecular weight excluding hydrogens is 242 g/mol. The monoisotopic (exact) mass is 263 g/mol. The molecule has 0 aromatic heterocycles. The minimum atomic E-state index is -0.209. The lowest BCUT2D eigenvalue weighted by atomic mass is 10.1. The van der Waals surface area contributed by atoms with Gasteiger partial charge in [-0.05, 0) is 31.2 Å². The maximum Gasteiger partial charge on any atom is 0.236 e. The number of benzene rings is 1. The van der Waals surface area contributed by atoms with E-state index in [2.05, 4.69) is 31.7 Å². The van der Waals surface area contributed by atoms with Crippen molar-refractivity contribution >= 4 is 18.5 Å². The van der Waals surface area contributed by atoms with Crippen molar-refractivity contribution < 1.29 is 4.79 Å².